The third-order valence-corrected chi connectivity index (χ3v) is 6.41. The molecule has 0 aromatic heterocycles. The van der Waals surface area contributed by atoms with E-state index in [4.69, 9.17) is 0 Å². The molecular weight excluding hydrogens is 410 g/mol. The molecule has 2 saturated heterocycles. The van der Waals surface area contributed by atoms with Crippen LogP contribution in [-0.2, 0) is 9.59 Å². The summed E-state index contributed by atoms with van der Waals surface area (Å²) >= 11 is 0.868. The summed E-state index contributed by atoms with van der Waals surface area (Å²) in [5, 5.41) is 2.37. The van der Waals surface area contributed by atoms with Gasteiger partial charge in [-0.3, -0.25) is 19.3 Å². The minimum Gasteiger partial charge on any atom is -0.372 e. The standard InChI is InChI=1S/C24H25N3O3S/c1-16-5-6-17(2)20(13-16)25-22(28)15-27-23(29)21(31-24(27)30)14-18-7-9-19(10-8-18)26-11-3-4-12-26/h5-10,13-14H,3-4,11-12,15H2,1-2H3,(H,25,28)/b21-14+. The van der Waals surface area contributed by atoms with E-state index in [-0.39, 0.29) is 6.54 Å². The maximum Gasteiger partial charge on any atom is 0.294 e. The van der Waals surface area contributed by atoms with E-state index in [1.807, 2.05) is 56.3 Å². The van der Waals surface area contributed by atoms with Gasteiger partial charge in [0.15, 0.2) is 0 Å². The largest absolute Gasteiger partial charge is 0.372 e. The number of rotatable bonds is 5. The summed E-state index contributed by atoms with van der Waals surface area (Å²) in [6.07, 6.45) is 4.14. The Morgan fingerprint density at radius 2 is 1.77 bits per heavy atom. The second-order valence-corrected chi connectivity index (χ2v) is 8.91. The lowest BCUT2D eigenvalue weighted by Crippen LogP contribution is -2.36. The molecule has 0 unspecified atom stereocenters. The normalized spacial score (nSPS) is 17.7. The molecule has 2 fully saturated rings. The van der Waals surface area contributed by atoms with Crippen molar-refractivity contribution >= 4 is 46.3 Å². The van der Waals surface area contributed by atoms with E-state index >= 15 is 0 Å². The van der Waals surface area contributed by atoms with E-state index in [1.165, 1.54) is 18.5 Å². The Morgan fingerprint density at radius 3 is 2.48 bits per heavy atom. The molecule has 0 bridgehead atoms. The van der Waals surface area contributed by atoms with Gasteiger partial charge >= 0.3 is 0 Å². The summed E-state index contributed by atoms with van der Waals surface area (Å²) in [4.78, 5) is 41.2. The van der Waals surface area contributed by atoms with E-state index in [9.17, 15) is 14.4 Å². The zero-order valence-corrected chi connectivity index (χ0v) is 18.5. The monoisotopic (exact) mass is 435 g/mol. The predicted molar refractivity (Wildman–Crippen MR) is 125 cm³/mol. The second kappa shape index (κ2) is 8.98. The van der Waals surface area contributed by atoms with Crippen molar-refractivity contribution in [1.29, 1.82) is 0 Å². The van der Waals surface area contributed by atoms with Gasteiger partial charge in [-0.2, -0.15) is 0 Å². The van der Waals surface area contributed by atoms with Crippen molar-refractivity contribution in [3.05, 3.63) is 64.1 Å². The molecule has 2 aromatic rings. The summed E-state index contributed by atoms with van der Waals surface area (Å²) in [6.45, 7) is 5.68. The number of amides is 3. The number of nitrogens with one attached hydrogen (secondary N) is 1. The highest BCUT2D eigenvalue weighted by Gasteiger charge is 2.36. The number of hydrogen-bond donors (Lipinski definition) is 1. The minimum atomic E-state index is -0.435. The van der Waals surface area contributed by atoms with Gasteiger partial charge in [-0.25, -0.2) is 0 Å². The van der Waals surface area contributed by atoms with Crippen molar-refractivity contribution in [2.75, 3.05) is 29.9 Å². The van der Waals surface area contributed by atoms with Crippen molar-refractivity contribution in [3.8, 4) is 0 Å². The van der Waals surface area contributed by atoms with Crippen LogP contribution in [0.2, 0.25) is 0 Å². The molecule has 0 saturated carbocycles. The highest BCUT2D eigenvalue weighted by atomic mass is 32.2. The van der Waals surface area contributed by atoms with Gasteiger partial charge in [0.2, 0.25) is 5.91 Å². The molecule has 0 atom stereocenters. The van der Waals surface area contributed by atoms with Crippen LogP contribution in [-0.4, -0.2) is 41.6 Å². The number of benzene rings is 2. The first kappa shape index (κ1) is 21.2. The average molecular weight is 436 g/mol. The molecule has 160 valence electrons. The van der Waals surface area contributed by atoms with Gasteiger partial charge in [0.05, 0.1) is 4.91 Å². The zero-order valence-electron chi connectivity index (χ0n) is 17.7. The van der Waals surface area contributed by atoms with E-state index in [1.54, 1.807) is 6.08 Å². The Morgan fingerprint density at radius 1 is 1.06 bits per heavy atom. The Balaban J connectivity index is 1.42. The summed E-state index contributed by atoms with van der Waals surface area (Å²) in [5.41, 5.74) is 4.65. The molecular formula is C24H25N3O3S. The summed E-state index contributed by atoms with van der Waals surface area (Å²) in [5.74, 6) is -0.832. The van der Waals surface area contributed by atoms with Crippen molar-refractivity contribution in [1.82, 2.24) is 4.90 Å². The molecule has 0 aliphatic carbocycles. The van der Waals surface area contributed by atoms with Gasteiger partial charge in [0, 0.05) is 24.5 Å². The predicted octanol–water partition coefficient (Wildman–Crippen LogP) is 4.58. The summed E-state index contributed by atoms with van der Waals surface area (Å²) in [6, 6.07) is 13.7. The first-order valence-electron chi connectivity index (χ1n) is 10.4. The number of thioether (sulfide) groups is 1. The fourth-order valence-electron chi connectivity index (χ4n) is 3.75. The smallest absolute Gasteiger partial charge is 0.294 e. The topological polar surface area (TPSA) is 69.7 Å². The number of carbonyl (C=O) groups is 3. The molecule has 3 amide bonds. The van der Waals surface area contributed by atoms with Crippen molar-refractivity contribution in [3.63, 3.8) is 0 Å². The molecule has 0 radical (unpaired) electrons. The van der Waals surface area contributed by atoms with Gasteiger partial charge in [-0.1, -0.05) is 24.3 Å². The fraction of sp³-hybridized carbons (Fsp3) is 0.292. The van der Waals surface area contributed by atoms with Crippen molar-refractivity contribution in [2.24, 2.45) is 0 Å². The molecule has 2 aliphatic rings. The number of nitrogens with zero attached hydrogens (tertiary/aromatic N) is 2. The molecule has 4 rings (SSSR count). The highest BCUT2D eigenvalue weighted by Crippen LogP contribution is 2.32. The lowest BCUT2D eigenvalue weighted by atomic mass is 10.1. The Kier molecular flexibility index (Phi) is 6.13. The van der Waals surface area contributed by atoms with Crippen LogP contribution in [0.4, 0.5) is 16.2 Å². The van der Waals surface area contributed by atoms with Gasteiger partial charge in [-0.15, -0.1) is 0 Å². The maximum atomic E-state index is 12.7. The van der Waals surface area contributed by atoms with E-state index in [2.05, 4.69) is 10.2 Å². The van der Waals surface area contributed by atoms with Gasteiger partial charge in [0.25, 0.3) is 11.1 Å². The van der Waals surface area contributed by atoms with Crippen LogP contribution < -0.4 is 10.2 Å². The number of imide groups is 1. The third-order valence-electron chi connectivity index (χ3n) is 5.50. The molecule has 1 N–H and O–H groups in total. The molecule has 2 heterocycles. The minimum absolute atomic E-state index is 0.302. The number of hydrogen-bond acceptors (Lipinski definition) is 5. The summed E-state index contributed by atoms with van der Waals surface area (Å²) in [7, 11) is 0. The Hall–Kier alpha value is -3.06. The zero-order chi connectivity index (χ0) is 22.0. The molecule has 2 aliphatic heterocycles. The Labute approximate surface area is 186 Å². The molecule has 6 nitrogen and oxygen atoms in total. The third kappa shape index (κ3) is 4.82. The van der Waals surface area contributed by atoms with Crippen LogP contribution in [0.3, 0.4) is 0 Å². The summed E-state index contributed by atoms with van der Waals surface area (Å²) < 4.78 is 0. The Bertz CT molecular complexity index is 1060. The van der Waals surface area contributed by atoms with Crippen LogP contribution >= 0.6 is 11.8 Å². The first-order chi connectivity index (χ1) is 14.9. The SMILES string of the molecule is Cc1ccc(C)c(NC(=O)CN2C(=O)S/C(=C/c3ccc(N4CCCC4)cc3)C2=O)c1. The average Bonchev–Trinajstić information content (AvgIpc) is 3.36. The van der Waals surface area contributed by atoms with Gasteiger partial charge < -0.3 is 10.2 Å². The lowest BCUT2D eigenvalue weighted by molar-refractivity contribution is -0.127. The molecule has 0 spiro atoms. The number of anilines is 2. The van der Waals surface area contributed by atoms with E-state index in [0.717, 1.165) is 46.4 Å². The highest BCUT2D eigenvalue weighted by molar-refractivity contribution is 8.18. The number of aryl methyl sites for hydroxylation is 2. The van der Waals surface area contributed by atoms with Crippen LogP contribution in [0.25, 0.3) is 6.08 Å². The molecule has 31 heavy (non-hydrogen) atoms. The van der Waals surface area contributed by atoms with Crippen LogP contribution in [0.1, 0.15) is 29.5 Å². The quantitative estimate of drug-likeness (QED) is 0.697. The maximum absolute atomic E-state index is 12.7. The van der Waals surface area contributed by atoms with Gasteiger partial charge in [-0.05, 0) is 79.4 Å². The van der Waals surface area contributed by atoms with Crippen LogP contribution in [0, 0.1) is 13.8 Å². The van der Waals surface area contributed by atoms with Crippen LogP contribution in [0.5, 0.6) is 0 Å². The first-order valence-corrected chi connectivity index (χ1v) is 11.2. The molecule has 2 aromatic carbocycles. The van der Waals surface area contributed by atoms with Crippen molar-refractivity contribution < 1.29 is 14.4 Å². The van der Waals surface area contributed by atoms with Gasteiger partial charge in [0.1, 0.15) is 6.54 Å². The van der Waals surface area contributed by atoms with E-state index < -0.39 is 17.1 Å². The number of carbonyl (C=O) groups excluding carboxylic acids is 3. The van der Waals surface area contributed by atoms with Crippen LogP contribution in [0.15, 0.2) is 47.4 Å². The second-order valence-electron chi connectivity index (χ2n) is 7.92. The fourth-order valence-corrected chi connectivity index (χ4v) is 4.59. The van der Waals surface area contributed by atoms with E-state index in [0.29, 0.717) is 10.6 Å². The lowest BCUT2D eigenvalue weighted by Gasteiger charge is -2.17. The molecule has 7 heteroatoms. The van der Waals surface area contributed by atoms with Crippen molar-refractivity contribution in [2.45, 2.75) is 26.7 Å².